The number of nitro benzene ring substituents is 4. The van der Waals surface area contributed by atoms with Gasteiger partial charge >= 0.3 is 24.5 Å². The van der Waals surface area contributed by atoms with Gasteiger partial charge in [-0.3, -0.25) is 65.5 Å². The largest absolute Gasteiger partial charge is 1.00 e. The number of nitrogens with zero attached hydrogens (tertiary/aromatic N) is 11. The zero-order valence-corrected chi connectivity index (χ0v) is 73.6. The summed E-state index contributed by atoms with van der Waals surface area (Å²) in [5.41, 5.74) is 16.7. The van der Waals surface area contributed by atoms with Crippen LogP contribution in [0.2, 0.25) is 0 Å². The molecule has 40 heteroatoms. The van der Waals surface area contributed by atoms with Crippen molar-refractivity contribution in [3.63, 3.8) is 0 Å². The number of rotatable bonds is 15. The number of aromatic nitrogens is 6. The molecule has 0 saturated heterocycles. The number of Topliss-reactive ketones (excluding diaryl/α,β-unsaturated/α-hetero) is 1. The van der Waals surface area contributed by atoms with E-state index in [0.29, 0.717) is 95.3 Å². The number of anilines is 4. The molecule has 0 radical (unpaired) electrons. The maximum absolute atomic E-state index is 13.7. The molecule has 3 heterocycles. The van der Waals surface area contributed by atoms with E-state index < -0.39 is 60.5 Å². The number of nitro groups is 4. The topological polar surface area (TPSA) is 500 Å². The quantitative estimate of drug-likeness (QED) is 0.0151. The molecule has 0 unspecified atom stereocenters. The van der Waals surface area contributed by atoms with Gasteiger partial charge in [-0.15, -0.1) is 0 Å². The van der Waals surface area contributed by atoms with Gasteiger partial charge in [0, 0.05) is 129 Å². The van der Waals surface area contributed by atoms with E-state index in [2.05, 4.69) is 53.8 Å². The Morgan fingerprint density at radius 2 is 0.815 bits per heavy atom. The number of aliphatic hydroxyl groups excluding tert-OH is 4. The first-order chi connectivity index (χ1) is 61.0. The molecule has 688 valence electrons. The van der Waals surface area contributed by atoms with Crippen LogP contribution < -0.4 is 46.3 Å². The van der Waals surface area contributed by atoms with Gasteiger partial charge in [-0.25, -0.2) is 36.9 Å². The molecule has 0 spiro atoms. The molecule has 12 N–H and O–H groups in total. The number of hydrogen-bond acceptors (Lipinski definition) is 23. The summed E-state index contributed by atoms with van der Waals surface area (Å²) >= 11 is 2.45. The number of nitrogen functional groups attached to an aromatic ring is 1. The van der Waals surface area contributed by atoms with Gasteiger partial charge in [-0.1, -0.05) is 45.0 Å². The summed E-state index contributed by atoms with van der Waals surface area (Å²) in [6.45, 7) is 7.66. The molecule has 0 atom stereocenters. The van der Waals surface area contributed by atoms with Gasteiger partial charge in [0.15, 0.2) is 5.78 Å². The Labute approximate surface area is 764 Å². The monoisotopic (exact) mass is 1860 g/mol. The standard InChI is InChI=1S/C21H21FN4O3.C20H19FN4O4.C13H16FN3O.C13H18FNO.C10H11NO3.C6H3F2NO2.C6H13NO.CBrN.Li.H2O/c1-13-5-8-16(9-6-13)25-19-10-7-15(22)12-18(19)23-21(25)24-20(27)14-3-2-4-17(11-14)26(28)29;21-13-4-9-18-17(11-13)22-20(24(18)14-5-7-16(26)8-6-14)23-19(27)12-2-1-3-15(10-12)25(28)29;14-8-1-6-12-11(7-8)16-13(15)17(12)9-2-4-10(18)5-3-9;1-9-8-10(14)2-7-13(9)15-11-3-5-12(16)6-4-11;1-7(2)10(12)8-4-3-5-9(6-8)11(13)14;7-4-1-2-5(8)6(3-4)9(10)11;7-5-1-3-6(8)4-2-5;2-1-3;;/h2-4,7,10-13,16H,5-6,8-9H2,1H3,(H,23,24,27);1-4,9-11,14,16,26H,5-8H2,(H,22,23,27);1,6-7,9-10,18H,2-5H2,(H2,15,16);2,7-8,11-12,15-16H,3-6H2,1H3;3-7H,1-2H3;1-3H;5-6,8H,1-4,7H2;;;1H2/q;;;;;;;;+1;/p-1. The van der Waals surface area contributed by atoms with E-state index in [1.807, 2.05) is 20.6 Å². The van der Waals surface area contributed by atoms with Crippen LogP contribution >= 0.6 is 15.9 Å². The predicted octanol–water partition coefficient (Wildman–Crippen LogP) is 16.2. The third kappa shape index (κ3) is 30.2. The first-order valence-corrected chi connectivity index (χ1v) is 42.5. The molecule has 32 nitrogen and oxygen atoms in total. The molecule has 5 aliphatic carbocycles. The zero-order chi connectivity index (χ0) is 93.2. The second kappa shape index (κ2) is 50.2. The van der Waals surface area contributed by atoms with Crippen LogP contribution in [0.5, 0.6) is 0 Å². The minimum atomic E-state index is -1.03. The maximum Gasteiger partial charge on any atom is 1.00 e. The number of non-ortho nitro benzene ring substituents is 3. The number of fused-ring (bicyclic) bond motifs is 3. The molecule has 8 aromatic carbocycles. The number of aliphatic hydroxyl groups is 4. The van der Waals surface area contributed by atoms with Crippen molar-refractivity contribution in [2.24, 2.45) is 17.6 Å². The number of aryl methyl sites for hydroxylation is 1. The SMILES string of the molecule is CC(C)C(=O)c1cccc([N+](=O)[O-])c1.CC1CCC(n2c(NC(=O)c3cccc([N+](=O)[O-])c3)nc3cc(F)ccc32)CC1.Cc1cc(F)ccc1NC1CCC(O)CC1.N#CBr.NC1CCC(O)CC1.Nc1nc2cc(F)ccc2n1C1CCC(O)CC1.O=C(Nc1nc2cc(F)ccc2n1C1CCC(O)CC1)c1cccc([N+](=O)[O-])c1.O=[N+]([O-])c1cc(F)ccc1F.[Li+].[OH-]. The van der Waals surface area contributed by atoms with E-state index in [1.165, 1.54) is 109 Å². The summed E-state index contributed by atoms with van der Waals surface area (Å²) in [6, 6.07) is 38.0. The number of carbonyl (C=O) groups excluding carboxylic acids is 3. The number of nitrogens with one attached hydrogen (secondary N) is 3. The van der Waals surface area contributed by atoms with Crippen LogP contribution in [0.3, 0.4) is 0 Å². The number of halogens is 7. The first kappa shape index (κ1) is 105. The molecule has 0 bridgehead atoms. The molecular weight excluding hydrogens is 1760 g/mol. The molecule has 0 aliphatic heterocycles. The number of nitriles is 1. The molecule has 5 aliphatic rings. The third-order valence-corrected chi connectivity index (χ3v) is 22.4. The smallest absolute Gasteiger partial charge is 0.870 e. The number of ketones is 1. The van der Waals surface area contributed by atoms with Crippen molar-refractivity contribution >= 4 is 113 Å². The average molecular weight is 1860 g/mol. The second-order valence-corrected chi connectivity index (χ2v) is 32.5. The molecule has 16 rings (SSSR count). The Balaban J connectivity index is 0.000000213. The third-order valence-electron chi connectivity index (χ3n) is 22.4. The average Bonchev–Trinajstić information content (AvgIpc) is 1.62. The summed E-state index contributed by atoms with van der Waals surface area (Å²) in [4.78, 5) is 91.4. The Hall–Kier alpha value is -12.1. The number of benzene rings is 8. The normalized spacial score (nSPS) is 19.5. The van der Waals surface area contributed by atoms with Gasteiger partial charge in [0.05, 0.1) is 83.3 Å². The summed E-state index contributed by atoms with van der Waals surface area (Å²) in [5.74, 6) is -2.75. The Bertz CT molecular complexity index is 5550. The van der Waals surface area contributed by atoms with Crippen LogP contribution in [0.4, 0.5) is 72.6 Å². The van der Waals surface area contributed by atoms with Crippen LogP contribution in [-0.2, 0) is 0 Å². The van der Waals surface area contributed by atoms with Crippen molar-refractivity contribution in [1.29, 1.82) is 5.26 Å². The van der Waals surface area contributed by atoms with Gasteiger partial charge in [0.1, 0.15) is 34.1 Å². The Morgan fingerprint density at radius 1 is 0.477 bits per heavy atom. The van der Waals surface area contributed by atoms with Gasteiger partial charge in [0.25, 0.3) is 28.9 Å². The van der Waals surface area contributed by atoms with E-state index in [1.54, 1.807) is 55.2 Å². The zero-order valence-electron chi connectivity index (χ0n) is 72.0. The predicted molar refractivity (Wildman–Crippen MR) is 477 cm³/mol. The van der Waals surface area contributed by atoms with E-state index in [4.69, 9.17) is 21.8 Å². The number of amides is 2. The van der Waals surface area contributed by atoms with Crippen molar-refractivity contribution in [2.45, 2.75) is 211 Å². The summed E-state index contributed by atoms with van der Waals surface area (Å²) in [5, 5.41) is 96.3. The Morgan fingerprint density at radius 3 is 1.20 bits per heavy atom. The van der Waals surface area contributed by atoms with Crippen molar-refractivity contribution in [3.8, 4) is 4.98 Å². The fraction of sp³-hybridized carbons (Fsp3) is 0.389. The summed E-state index contributed by atoms with van der Waals surface area (Å²) < 4.78 is 83.9. The molecule has 5 saturated carbocycles. The molecule has 3 aromatic heterocycles. The van der Waals surface area contributed by atoms with E-state index in [9.17, 15) is 96.5 Å². The number of hydrogen-bond donors (Lipinski definition) is 9. The van der Waals surface area contributed by atoms with Crippen LogP contribution in [0, 0.1) is 104 Å². The number of carbonyl (C=O) groups is 3. The van der Waals surface area contributed by atoms with Crippen LogP contribution in [0.15, 0.2) is 164 Å². The van der Waals surface area contributed by atoms with Crippen molar-refractivity contribution < 1.29 is 105 Å². The molecule has 130 heavy (non-hydrogen) atoms. The first-order valence-electron chi connectivity index (χ1n) is 41.8. The second-order valence-electron chi connectivity index (χ2n) is 32.2. The minimum absolute atomic E-state index is 0. The van der Waals surface area contributed by atoms with E-state index in [0.717, 1.165) is 131 Å². The van der Waals surface area contributed by atoms with Crippen molar-refractivity contribution in [3.05, 3.63) is 261 Å². The summed E-state index contributed by atoms with van der Waals surface area (Å²) in [6.07, 6.45) is 16.8. The Kier molecular flexibility index (Phi) is 40.5. The molecule has 11 aromatic rings. The van der Waals surface area contributed by atoms with Gasteiger partial charge < -0.3 is 56.4 Å². The van der Waals surface area contributed by atoms with Crippen LogP contribution in [0.25, 0.3) is 33.1 Å². The fourth-order valence-corrected chi connectivity index (χ4v) is 15.6. The molecular formula is C90H102BrF6LiN16O16. The van der Waals surface area contributed by atoms with Gasteiger partial charge in [-0.05, 0) is 226 Å². The van der Waals surface area contributed by atoms with Crippen molar-refractivity contribution in [2.75, 3.05) is 21.7 Å². The maximum atomic E-state index is 13.7. The fourth-order valence-electron chi connectivity index (χ4n) is 15.6. The molecule has 5 fully saturated rings. The number of imidazole rings is 3. The van der Waals surface area contributed by atoms with Crippen LogP contribution in [-0.4, -0.2) is 128 Å². The van der Waals surface area contributed by atoms with E-state index >= 15 is 0 Å². The van der Waals surface area contributed by atoms with Gasteiger partial charge in [-0.2, -0.15) is 9.65 Å². The van der Waals surface area contributed by atoms with Crippen molar-refractivity contribution in [1.82, 2.24) is 28.7 Å². The van der Waals surface area contributed by atoms with Gasteiger partial charge in [0.2, 0.25) is 23.7 Å². The molecule has 2 amide bonds. The van der Waals surface area contributed by atoms with Crippen LogP contribution in [0.1, 0.15) is 204 Å². The summed E-state index contributed by atoms with van der Waals surface area (Å²) in [7, 11) is 0. The minimum Gasteiger partial charge on any atom is -0.870 e. The number of nitrogens with two attached hydrogens (primary N) is 2. The van der Waals surface area contributed by atoms with E-state index in [-0.39, 0.29) is 124 Å².